The van der Waals surface area contributed by atoms with Crippen LogP contribution >= 0.6 is 0 Å². The summed E-state index contributed by atoms with van der Waals surface area (Å²) >= 11 is 0. The third kappa shape index (κ3) is 1.07. The third-order valence-electron chi connectivity index (χ3n) is 1.62. The number of likely N-dealkylation sites (tertiary alicyclic amines) is 1. The van der Waals surface area contributed by atoms with E-state index in [4.69, 9.17) is 0 Å². The molecule has 1 heterocycles. The molecule has 0 aromatic carbocycles. The first-order valence-electron chi connectivity index (χ1n) is 3.11. The molecule has 54 valence electrons. The summed E-state index contributed by atoms with van der Waals surface area (Å²) in [6.07, 6.45) is 2.10. The van der Waals surface area contributed by atoms with Gasteiger partial charge in [0, 0.05) is 6.54 Å². The fraction of sp³-hybridized carbons (Fsp3) is 0.429. The van der Waals surface area contributed by atoms with Gasteiger partial charge in [-0.05, 0) is 6.42 Å². The molecule has 0 unspecified atom stereocenters. The molecule has 0 saturated carbocycles. The van der Waals surface area contributed by atoms with Crippen LogP contribution in [0.2, 0.25) is 0 Å². The SMILES string of the molecule is C=C1C[C@@H](C=O)N(C=O)C1. The van der Waals surface area contributed by atoms with Gasteiger partial charge < -0.3 is 9.69 Å². The molecule has 0 N–H and O–H groups in total. The van der Waals surface area contributed by atoms with E-state index in [0.29, 0.717) is 19.4 Å². The number of carbonyl (C=O) groups is 2. The molecular formula is C7H9NO2. The Balaban J connectivity index is 2.65. The first kappa shape index (κ1) is 6.99. The van der Waals surface area contributed by atoms with Crippen molar-refractivity contribution >= 4 is 12.7 Å². The van der Waals surface area contributed by atoms with E-state index < -0.39 is 0 Å². The zero-order valence-electron chi connectivity index (χ0n) is 5.62. The lowest BCUT2D eigenvalue weighted by molar-refractivity contribution is -0.123. The molecule has 3 nitrogen and oxygen atoms in total. The minimum atomic E-state index is -0.259. The monoisotopic (exact) mass is 139 g/mol. The standard InChI is InChI=1S/C7H9NO2/c1-6-2-7(4-9)8(3-6)5-10/h4-5,7H,1-3H2/t7-/m0/s1. The lowest BCUT2D eigenvalue weighted by Gasteiger charge is -2.11. The van der Waals surface area contributed by atoms with Crippen molar-refractivity contribution in [3.63, 3.8) is 0 Å². The third-order valence-corrected chi connectivity index (χ3v) is 1.62. The number of hydrogen-bond acceptors (Lipinski definition) is 2. The molecule has 0 spiro atoms. The van der Waals surface area contributed by atoms with Gasteiger partial charge in [0.25, 0.3) is 0 Å². The molecule has 1 rings (SSSR count). The van der Waals surface area contributed by atoms with E-state index in [-0.39, 0.29) is 6.04 Å². The maximum absolute atomic E-state index is 10.3. The lowest BCUT2D eigenvalue weighted by atomic mass is 10.2. The molecule has 1 fully saturated rings. The highest BCUT2D eigenvalue weighted by atomic mass is 16.1. The van der Waals surface area contributed by atoms with Crippen LogP contribution in [0.3, 0.4) is 0 Å². The Labute approximate surface area is 59.3 Å². The lowest BCUT2D eigenvalue weighted by Crippen LogP contribution is -2.28. The molecule has 1 aliphatic heterocycles. The Kier molecular flexibility index (Phi) is 1.85. The fourth-order valence-electron chi connectivity index (χ4n) is 1.09. The van der Waals surface area contributed by atoms with Crippen molar-refractivity contribution in [2.75, 3.05) is 6.54 Å². The summed E-state index contributed by atoms with van der Waals surface area (Å²) < 4.78 is 0. The molecule has 1 aliphatic rings. The highest BCUT2D eigenvalue weighted by Crippen LogP contribution is 2.16. The van der Waals surface area contributed by atoms with E-state index in [1.807, 2.05) is 0 Å². The summed E-state index contributed by atoms with van der Waals surface area (Å²) in [7, 11) is 0. The van der Waals surface area contributed by atoms with Gasteiger partial charge in [-0.1, -0.05) is 12.2 Å². The van der Waals surface area contributed by atoms with Gasteiger partial charge in [-0.2, -0.15) is 0 Å². The van der Waals surface area contributed by atoms with Crippen LogP contribution in [0.25, 0.3) is 0 Å². The Hall–Kier alpha value is -1.12. The van der Waals surface area contributed by atoms with Crippen molar-refractivity contribution in [2.24, 2.45) is 0 Å². The van der Waals surface area contributed by atoms with Crippen molar-refractivity contribution in [1.29, 1.82) is 0 Å². The molecule has 0 radical (unpaired) electrons. The Morgan fingerprint density at radius 1 is 1.60 bits per heavy atom. The largest absolute Gasteiger partial charge is 0.331 e. The Morgan fingerprint density at radius 2 is 2.30 bits per heavy atom. The summed E-state index contributed by atoms with van der Waals surface area (Å²) in [6.45, 7) is 4.23. The Bertz CT molecular complexity index is 158. The smallest absolute Gasteiger partial charge is 0.210 e. The predicted octanol–water partition coefficient (Wildman–Crippen LogP) is -0.0278. The van der Waals surface area contributed by atoms with Gasteiger partial charge in [-0.15, -0.1) is 0 Å². The average molecular weight is 139 g/mol. The second kappa shape index (κ2) is 2.64. The number of nitrogens with zero attached hydrogens (tertiary/aromatic N) is 1. The quantitative estimate of drug-likeness (QED) is 0.398. The average Bonchev–Trinajstić information content (AvgIpc) is 2.30. The zero-order valence-corrected chi connectivity index (χ0v) is 5.62. The van der Waals surface area contributed by atoms with Gasteiger partial charge in [0.2, 0.25) is 6.41 Å². The first-order chi connectivity index (χ1) is 4.77. The molecule has 3 heteroatoms. The highest BCUT2D eigenvalue weighted by Gasteiger charge is 2.24. The van der Waals surface area contributed by atoms with Crippen LogP contribution < -0.4 is 0 Å². The zero-order chi connectivity index (χ0) is 7.56. The molecule has 1 atom stereocenters. The topological polar surface area (TPSA) is 37.4 Å². The summed E-state index contributed by atoms with van der Waals surface area (Å²) in [6, 6.07) is -0.259. The van der Waals surface area contributed by atoms with Crippen LogP contribution in [-0.4, -0.2) is 30.2 Å². The number of carbonyl (C=O) groups excluding carboxylic acids is 2. The number of rotatable bonds is 2. The summed E-state index contributed by atoms with van der Waals surface area (Å²) in [5.41, 5.74) is 0.948. The molecule has 10 heavy (non-hydrogen) atoms. The van der Waals surface area contributed by atoms with Crippen LogP contribution in [0.1, 0.15) is 6.42 Å². The highest BCUT2D eigenvalue weighted by molar-refractivity contribution is 5.66. The second-order valence-electron chi connectivity index (χ2n) is 2.44. The van der Waals surface area contributed by atoms with Crippen molar-refractivity contribution in [3.05, 3.63) is 12.2 Å². The van der Waals surface area contributed by atoms with Gasteiger partial charge in [-0.25, -0.2) is 0 Å². The molecule has 0 aromatic rings. The van der Waals surface area contributed by atoms with Crippen LogP contribution in [0.5, 0.6) is 0 Å². The van der Waals surface area contributed by atoms with Crippen LogP contribution in [-0.2, 0) is 9.59 Å². The van der Waals surface area contributed by atoms with Crippen molar-refractivity contribution in [3.8, 4) is 0 Å². The Morgan fingerprint density at radius 3 is 2.70 bits per heavy atom. The number of hydrogen-bond donors (Lipinski definition) is 0. The van der Waals surface area contributed by atoms with Crippen LogP contribution in [0.4, 0.5) is 0 Å². The number of amides is 1. The molecule has 0 aromatic heterocycles. The van der Waals surface area contributed by atoms with Gasteiger partial charge in [0.1, 0.15) is 6.29 Å². The van der Waals surface area contributed by atoms with Crippen molar-refractivity contribution in [2.45, 2.75) is 12.5 Å². The second-order valence-corrected chi connectivity index (χ2v) is 2.44. The van der Waals surface area contributed by atoms with E-state index in [2.05, 4.69) is 6.58 Å². The summed E-state index contributed by atoms with van der Waals surface area (Å²) in [5.74, 6) is 0. The van der Waals surface area contributed by atoms with E-state index in [1.54, 1.807) is 0 Å². The minimum absolute atomic E-state index is 0.259. The molecule has 1 saturated heterocycles. The van der Waals surface area contributed by atoms with Gasteiger partial charge in [-0.3, -0.25) is 4.79 Å². The van der Waals surface area contributed by atoms with E-state index in [1.165, 1.54) is 4.90 Å². The molecule has 0 bridgehead atoms. The first-order valence-corrected chi connectivity index (χ1v) is 3.11. The van der Waals surface area contributed by atoms with Gasteiger partial charge >= 0.3 is 0 Å². The van der Waals surface area contributed by atoms with E-state index in [0.717, 1.165) is 11.9 Å². The van der Waals surface area contributed by atoms with Crippen molar-refractivity contribution < 1.29 is 9.59 Å². The normalized spacial score (nSPS) is 25.0. The van der Waals surface area contributed by atoms with Gasteiger partial charge in [0.05, 0.1) is 6.04 Å². The minimum Gasteiger partial charge on any atom is -0.331 e. The number of aldehydes is 1. The maximum atomic E-state index is 10.3. The molecule has 1 amide bonds. The summed E-state index contributed by atoms with van der Waals surface area (Å²) in [4.78, 5) is 22.0. The molecule has 0 aliphatic carbocycles. The van der Waals surface area contributed by atoms with E-state index >= 15 is 0 Å². The van der Waals surface area contributed by atoms with Gasteiger partial charge in [0.15, 0.2) is 0 Å². The predicted molar refractivity (Wildman–Crippen MR) is 36.4 cm³/mol. The fourth-order valence-corrected chi connectivity index (χ4v) is 1.09. The maximum Gasteiger partial charge on any atom is 0.210 e. The van der Waals surface area contributed by atoms with Crippen LogP contribution in [0.15, 0.2) is 12.2 Å². The van der Waals surface area contributed by atoms with E-state index in [9.17, 15) is 9.59 Å². The molecular weight excluding hydrogens is 130 g/mol. The summed E-state index contributed by atoms with van der Waals surface area (Å²) in [5, 5.41) is 0. The van der Waals surface area contributed by atoms with Crippen molar-refractivity contribution in [1.82, 2.24) is 4.90 Å². The van der Waals surface area contributed by atoms with Crippen LogP contribution in [0, 0.1) is 0 Å².